The molecule has 1 aliphatic rings. The van der Waals surface area contributed by atoms with E-state index in [0.29, 0.717) is 13.2 Å². The second-order valence-corrected chi connectivity index (χ2v) is 5.43. The minimum atomic E-state index is -0.193. The zero-order valence-corrected chi connectivity index (χ0v) is 11.9. The van der Waals surface area contributed by atoms with Gasteiger partial charge in [-0.1, -0.05) is 28.1 Å². The van der Waals surface area contributed by atoms with Crippen LogP contribution in [-0.4, -0.2) is 13.2 Å². The maximum Gasteiger partial charge on any atom is 0.143 e. The number of benzene rings is 2. The van der Waals surface area contributed by atoms with Gasteiger partial charge in [0.15, 0.2) is 0 Å². The van der Waals surface area contributed by atoms with Gasteiger partial charge in [0.2, 0.25) is 0 Å². The van der Waals surface area contributed by atoms with Crippen molar-refractivity contribution < 1.29 is 9.13 Å². The van der Waals surface area contributed by atoms with E-state index >= 15 is 0 Å². The summed E-state index contributed by atoms with van der Waals surface area (Å²) in [5, 5.41) is 0. The van der Waals surface area contributed by atoms with E-state index in [1.54, 1.807) is 12.1 Å². The summed E-state index contributed by atoms with van der Waals surface area (Å²) in [5.41, 5.74) is 2.02. The van der Waals surface area contributed by atoms with Crippen molar-refractivity contribution in [3.8, 4) is 5.75 Å². The Balaban J connectivity index is 1.87. The molecule has 0 atom stereocenters. The number of ether oxygens (including phenoxy) is 1. The molecule has 0 radical (unpaired) electrons. The molecule has 98 valence electrons. The maximum absolute atomic E-state index is 13.2. The summed E-state index contributed by atoms with van der Waals surface area (Å²) in [6, 6.07) is 12.7. The lowest BCUT2D eigenvalue weighted by atomic mass is 10.1. The third kappa shape index (κ3) is 2.73. The fourth-order valence-corrected chi connectivity index (χ4v) is 2.61. The summed E-state index contributed by atoms with van der Waals surface area (Å²) in [4.78, 5) is 2.21. The molecule has 0 aliphatic carbocycles. The Kier molecular flexibility index (Phi) is 3.42. The largest absolute Gasteiger partial charge is 0.490 e. The SMILES string of the molecule is Fc1cccc(CN2CCOc3cc(Br)ccc32)c1. The first-order valence-corrected chi connectivity index (χ1v) is 6.93. The van der Waals surface area contributed by atoms with Crippen LogP contribution in [0, 0.1) is 5.82 Å². The second-order valence-electron chi connectivity index (χ2n) is 4.51. The third-order valence-corrected chi connectivity index (χ3v) is 3.64. The van der Waals surface area contributed by atoms with Crippen LogP contribution < -0.4 is 9.64 Å². The fraction of sp³-hybridized carbons (Fsp3) is 0.200. The summed E-state index contributed by atoms with van der Waals surface area (Å²) in [6.45, 7) is 2.15. The normalized spacial score (nSPS) is 13.9. The molecule has 2 aromatic rings. The third-order valence-electron chi connectivity index (χ3n) is 3.14. The van der Waals surface area contributed by atoms with Crippen LogP contribution in [0.3, 0.4) is 0 Å². The molecule has 4 heteroatoms. The molecule has 19 heavy (non-hydrogen) atoms. The average Bonchev–Trinajstić information content (AvgIpc) is 2.38. The lowest BCUT2D eigenvalue weighted by Crippen LogP contribution is -2.32. The quantitative estimate of drug-likeness (QED) is 0.829. The van der Waals surface area contributed by atoms with Gasteiger partial charge in [-0.15, -0.1) is 0 Å². The Morgan fingerprint density at radius 2 is 2.11 bits per heavy atom. The number of halogens is 2. The standard InChI is InChI=1S/C15H13BrFNO/c16-12-4-5-14-15(9-12)19-7-6-18(14)10-11-2-1-3-13(17)8-11/h1-5,8-9H,6-7,10H2. The van der Waals surface area contributed by atoms with Gasteiger partial charge in [-0.3, -0.25) is 0 Å². The van der Waals surface area contributed by atoms with Gasteiger partial charge < -0.3 is 9.64 Å². The first kappa shape index (κ1) is 12.5. The molecule has 0 fully saturated rings. The van der Waals surface area contributed by atoms with Crippen molar-refractivity contribution in [2.24, 2.45) is 0 Å². The number of rotatable bonds is 2. The summed E-state index contributed by atoms with van der Waals surface area (Å²) in [6.07, 6.45) is 0. The Bertz CT molecular complexity index is 602. The van der Waals surface area contributed by atoms with Gasteiger partial charge in [-0.2, -0.15) is 0 Å². The highest BCUT2D eigenvalue weighted by Crippen LogP contribution is 2.34. The van der Waals surface area contributed by atoms with Crippen LogP contribution in [0.15, 0.2) is 46.9 Å². The number of hydrogen-bond acceptors (Lipinski definition) is 2. The van der Waals surface area contributed by atoms with E-state index in [9.17, 15) is 4.39 Å². The number of fused-ring (bicyclic) bond motifs is 1. The predicted molar refractivity (Wildman–Crippen MR) is 77.1 cm³/mol. The van der Waals surface area contributed by atoms with Gasteiger partial charge >= 0.3 is 0 Å². The summed E-state index contributed by atoms with van der Waals surface area (Å²) in [5.74, 6) is 0.679. The van der Waals surface area contributed by atoms with Crippen LogP contribution in [0.25, 0.3) is 0 Å². The van der Waals surface area contributed by atoms with E-state index < -0.39 is 0 Å². The topological polar surface area (TPSA) is 12.5 Å². The molecule has 0 amide bonds. The van der Waals surface area contributed by atoms with Crippen molar-refractivity contribution in [2.75, 3.05) is 18.1 Å². The molecule has 0 spiro atoms. The van der Waals surface area contributed by atoms with Crippen LogP contribution in [-0.2, 0) is 6.54 Å². The fourth-order valence-electron chi connectivity index (χ4n) is 2.27. The van der Waals surface area contributed by atoms with Crippen molar-refractivity contribution in [1.82, 2.24) is 0 Å². The van der Waals surface area contributed by atoms with E-state index in [1.165, 1.54) is 6.07 Å². The van der Waals surface area contributed by atoms with Gasteiger partial charge in [0.1, 0.15) is 18.2 Å². The lowest BCUT2D eigenvalue weighted by Gasteiger charge is -2.31. The van der Waals surface area contributed by atoms with Crippen LogP contribution in [0.5, 0.6) is 5.75 Å². The summed E-state index contributed by atoms with van der Waals surface area (Å²) < 4.78 is 19.9. The molecular formula is C15H13BrFNO. The van der Waals surface area contributed by atoms with E-state index in [-0.39, 0.29) is 5.82 Å². The van der Waals surface area contributed by atoms with Gasteiger partial charge in [0.05, 0.1) is 12.2 Å². The van der Waals surface area contributed by atoms with Crippen molar-refractivity contribution in [3.05, 3.63) is 58.3 Å². The van der Waals surface area contributed by atoms with Gasteiger partial charge in [0.25, 0.3) is 0 Å². The summed E-state index contributed by atoms with van der Waals surface area (Å²) >= 11 is 3.44. The minimum absolute atomic E-state index is 0.193. The Labute approximate surface area is 119 Å². The molecule has 3 rings (SSSR count). The van der Waals surface area contributed by atoms with Crippen LogP contribution in [0.4, 0.5) is 10.1 Å². The molecule has 0 N–H and O–H groups in total. The van der Waals surface area contributed by atoms with Crippen molar-refractivity contribution in [2.45, 2.75) is 6.54 Å². The van der Waals surface area contributed by atoms with Gasteiger partial charge in [-0.05, 0) is 35.9 Å². The van der Waals surface area contributed by atoms with E-state index in [4.69, 9.17) is 4.74 Å². The molecule has 1 aliphatic heterocycles. The molecule has 0 saturated heterocycles. The zero-order valence-electron chi connectivity index (χ0n) is 10.3. The summed E-state index contributed by atoms with van der Waals surface area (Å²) in [7, 11) is 0. The lowest BCUT2D eigenvalue weighted by molar-refractivity contribution is 0.306. The number of hydrogen-bond donors (Lipinski definition) is 0. The smallest absolute Gasteiger partial charge is 0.143 e. The van der Waals surface area contributed by atoms with Crippen LogP contribution in [0.2, 0.25) is 0 Å². The van der Waals surface area contributed by atoms with Gasteiger partial charge in [0, 0.05) is 11.0 Å². The second kappa shape index (κ2) is 5.21. The maximum atomic E-state index is 13.2. The highest BCUT2D eigenvalue weighted by molar-refractivity contribution is 9.10. The molecule has 2 aromatic carbocycles. The minimum Gasteiger partial charge on any atom is -0.490 e. The van der Waals surface area contributed by atoms with Gasteiger partial charge in [-0.25, -0.2) is 4.39 Å². The molecule has 1 heterocycles. The van der Waals surface area contributed by atoms with E-state index in [1.807, 2.05) is 24.3 Å². The molecular weight excluding hydrogens is 309 g/mol. The number of anilines is 1. The van der Waals surface area contributed by atoms with Crippen LogP contribution >= 0.6 is 15.9 Å². The average molecular weight is 322 g/mol. The monoisotopic (exact) mass is 321 g/mol. The van der Waals surface area contributed by atoms with Crippen LogP contribution in [0.1, 0.15) is 5.56 Å². The highest BCUT2D eigenvalue weighted by Gasteiger charge is 2.18. The molecule has 0 unspecified atom stereocenters. The van der Waals surface area contributed by atoms with E-state index in [2.05, 4.69) is 20.8 Å². The predicted octanol–water partition coefficient (Wildman–Crippen LogP) is 3.99. The Morgan fingerprint density at radius 1 is 1.21 bits per heavy atom. The molecule has 0 bridgehead atoms. The highest BCUT2D eigenvalue weighted by atomic mass is 79.9. The first-order chi connectivity index (χ1) is 9.22. The Hall–Kier alpha value is -1.55. The molecule has 0 saturated carbocycles. The number of nitrogens with zero attached hydrogens (tertiary/aromatic N) is 1. The van der Waals surface area contributed by atoms with E-state index in [0.717, 1.165) is 28.0 Å². The Morgan fingerprint density at radius 3 is 2.95 bits per heavy atom. The van der Waals surface area contributed by atoms with Crippen molar-refractivity contribution in [3.63, 3.8) is 0 Å². The zero-order chi connectivity index (χ0) is 13.2. The van der Waals surface area contributed by atoms with Crippen molar-refractivity contribution >= 4 is 21.6 Å². The van der Waals surface area contributed by atoms with Crippen molar-refractivity contribution in [1.29, 1.82) is 0 Å². The molecule has 0 aromatic heterocycles. The molecule has 2 nitrogen and oxygen atoms in total. The first-order valence-electron chi connectivity index (χ1n) is 6.14.